The van der Waals surface area contributed by atoms with Gasteiger partial charge in [0, 0.05) is 22.3 Å². The van der Waals surface area contributed by atoms with Crippen molar-refractivity contribution in [2.75, 3.05) is 0 Å². The molecule has 0 spiro atoms. The summed E-state index contributed by atoms with van der Waals surface area (Å²) in [6.07, 6.45) is 1.75. The highest BCUT2D eigenvalue weighted by Crippen LogP contribution is 2.34. The molecule has 2 aromatic heterocycles. The quantitative estimate of drug-likeness (QED) is 0.782. The van der Waals surface area contributed by atoms with Gasteiger partial charge >= 0.3 is 5.97 Å². The van der Waals surface area contributed by atoms with Crippen LogP contribution in [-0.2, 0) is 0 Å². The summed E-state index contributed by atoms with van der Waals surface area (Å²) < 4.78 is 1.56. The topological polar surface area (TPSA) is 54.6 Å². The zero-order chi connectivity index (χ0) is 14.3. The molecule has 4 nitrogen and oxygen atoms in total. The molecule has 5 heteroatoms. The molecule has 0 aliphatic heterocycles. The molecular formula is C15H11ClN2O2. The average Bonchev–Trinajstić information content (AvgIpc) is 2.78. The van der Waals surface area contributed by atoms with Gasteiger partial charge in [-0.3, -0.25) is 0 Å². The maximum Gasteiger partial charge on any atom is 0.357 e. The first-order chi connectivity index (χ1) is 9.58. The van der Waals surface area contributed by atoms with E-state index in [1.54, 1.807) is 22.8 Å². The van der Waals surface area contributed by atoms with Crippen LogP contribution in [0.25, 0.3) is 16.6 Å². The van der Waals surface area contributed by atoms with Gasteiger partial charge in [-0.1, -0.05) is 29.8 Å². The standard InChI is InChI=1S/C15H11ClN2O2/c1-9-6-7-18-12(8-9)13(14(17-18)15(19)20)10-4-2-3-5-11(10)16/h2-8H,1H3,(H,19,20). The summed E-state index contributed by atoms with van der Waals surface area (Å²) in [4.78, 5) is 11.4. The molecule has 0 saturated heterocycles. The molecular weight excluding hydrogens is 276 g/mol. The number of rotatable bonds is 2. The minimum atomic E-state index is -1.07. The monoisotopic (exact) mass is 286 g/mol. The predicted octanol–water partition coefficient (Wildman–Crippen LogP) is 3.66. The summed E-state index contributed by atoms with van der Waals surface area (Å²) in [5, 5.41) is 14.0. The third-order valence-electron chi connectivity index (χ3n) is 3.14. The Kier molecular flexibility index (Phi) is 2.95. The number of aromatic nitrogens is 2. The third-order valence-corrected chi connectivity index (χ3v) is 3.47. The van der Waals surface area contributed by atoms with E-state index in [-0.39, 0.29) is 5.69 Å². The Bertz CT molecular complexity index is 824. The van der Waals surface area contributed by atoms with E-state index in [2.05, 4.69) is 5.10 Å². The maximum absolute atomic E-state index is 11.4. The van der Waals surface area contributed by atoms with Gasteiger partial charge < -0.3 is 5.11 Å². The van der Waals surface area contributed by atoms with E-state index < -0.39 is 5.97 Å². The Balaban J connectivity index is 2.43. The Morgan fingerprint density at radius 1 is 1.30 bits per heavy atom. The Morgan fingerprint density at radius 2 is 2.05 bits per heavy atom. The van der Waals surface area contributed by atoms with Crippen molar-refractivity contribution in [2.45, 2.75) is 6.92 Å². The van der Waals surface area contributed by atoms with Crippen LogP contribution < -0.4 is 0 Å². The molecule has 0 aliphatic rings. The zero-order valence-corrected chi connectivity index (χ0v) is 11.4. The van der Waals surface area contributed by atoms with Crippen LogP contribution in [-0.4, -0.2) is 20.7 Å². The Labute approximate surface area is 120 Å². The summed E-state index contributed by atoms with van der Waals surface area (Å²) in [5.74, 6) is -1.07. The second-order valence-electron chi connectivity index (χ2n) is 4.54. The SMILES string of the molecule is Cc1ccn2nc(C(=O)O)c(-c3ccccc3Cl)c2c1. The highest BCUT2D eigenvalue weighted by Gasteiger charge is 2.21. The minimum absolute atomic E-state index is 0.00343. The lowest BCUT2D eigenvalue weighted by Crippen LogP contribution is -1.99. The number of nitrogens with zero attached hydrogens (tertiary/aromatic N) is 2. The van der Waals surface area contributed by atoms with Gasteiger partial charge in [0.25, 0.3) is 0 Å². The van der Waals surface area contributed by atoms with Crippen LogP contribution in [0, 0.1) is 6.92 Å². The smallest absolute Gasteiger partial charge is 0.357 e. The van der Waals surface area contributed by atoms with Gasteiger partial charge in [-0.15, -0.1) is 0 Å². The lowest BCUT2D eigenvalue weighted by Gasteiger charge is -2.04. The van der Waals surface area contributed by atoms with Crippen molar-refractivity contribution in [2.24, 2.45) is 0 Å². The van der Waals surface area contributed by atoms with Crippen LogP contribution in [0.1, 0.15) is 16.1 Å². The fraction of sp³-hybridized carbons (Fsp3) is 0.0667. The summed E-state index contributed by atoms with van der Waals surface area (Å²) in [7, 11) is 0. The summed E-state index contributed by atoms with van der Waals surface area (Å²) in [6.45, 7) is 1.95. The molecule has 3 aromatic rings. The first-order valence-electron chi connectivity index (χ1n) is 6.05. The Hall–Kier alpha value is -2.33. The van der Waals surface area contributed by atoms with Gasteiger partial charge in [0.15, 0.2) is 5.69 Å². The average molecular weight is 287 g/mol. The summed E-state index contributed by atoms with van der Waals surface area (Å²) in [6, 6.07) is 10.9. The molecule has 0 radical (unpaired) electrons. The molecule has 20 heavy (non-hydrogen) atoms. The molecule has 2 heterocycles. The number of carboxylic acids is 1. The van der Waals surface area contributed by atoms with Crippen molar-refractivity contribution in [3.63, 3.8) is 0 Å². The van der Waals surface area contributed by atoms with E-state index in [4.69, 9.17) is 11.6 Å². The van der Waals surface area contributed by atoms with Gasteiger partial charge in [-0.25, -0.2) is 9.31 Å². The summed E-state index contributed by atoms with van der Waals surface area (Å²) >= 11 is 6.20. The van der Waals surface area contributed by atoms with Crippen LogP contribution in [0.2, 0.25) is 5.02 Å². The molecule has 0 unspecified atom stereocenters. The van der Waals surface area contributed by atoms with E-state index in [0.717, 1.165) is 11.1 Å². The normalized spacial score (nSPS) is 10.9. The fourth-order valence-corrected chi connectivity index (χ4v) is 2.46. The lowest BCUT2D eigenvalue weighted by atomic mass is 10.0. The lowest BCUT2D eigenvalue weighted by molar-refractivity contribution is 0.0691. The molecule has 3 rings (SSSR count). The highest BCUT2D eigenvalue weighted by molar-refractivity contribution is 6.33. The van der Waals surface area contributed by atoms with E-state index in [0.29, 0.717) is 16.1 Å². The number of pyridine rings is 1. The molecule has 100 valence electrons. The number of benzene rings is 1. The van der Waals surface area contributed by atoms with Crippen molar-refractivity contribution < 1.29 is 9.90 Å². The second-order valence-corrected chi connectivity index (χ2v) is 4.95. The van der Waals surface area contributed by atoms with Crippen LogP contribution in [0.15, 0.2) is 42.6 Å². The predicted molar refractivity (Wildman–Crippen MR) is 77.3 cm³/mol. The Morgan fingerprint density at radius 3 is 2.75 bits per heavy atom. The van der Waals surface area contributed by atoms with Gasteiger partial charge in [0.1, 0.15) is 0 Å². The molecule has 0 aliphatic carbocycles. The number of carboxylic acid groups (broad SMARTS) is 1. The van der Waals surface area contributed by atoms with Crippen molar-refractivity contribution in [1.29, 1.82) is 0 Å². The van der Waals surface area contributed by atoms with E-state index >= 15 is 0 Å². The number of halogens is 1. The number of aryl methyl sites for hydroxylation is 1. The fourth-order valence-electron chi connectivity index (χ4n) is 2.23. The summed E-state index contributed by atoms with van der Waals surface area (Å²) in [5.41, 5.74) is 2.99. The molecule has 1 N–H and O–H groups in total. The third kappa shape index (κ3) is 1.94. The largest absolute Gasteiger partial charge is 0.476 e. The molecule has 0 saturated carbocycles. The number of carbonyl (C=O) groups is 1. The molecule has 1 aromatic carbocycles. The van der Waals surface area contributed by atoms with Gasteiger partial charge in [0.05, 0.1) is 5.52 Å². The first kappa shape index (κ1) is 12.7. The highest BCUT2D eigenvalue weighted by atomic mass is 35.5. The van der Waals surface area contributed by atoms with Crippen molar-refractivity contribution in [3.05, 3.63) is 58.9 Å². The molecule has 0 amide bonds. The van der Waals surface area contributed by atoms with E-state index in [1.165, 1.54) is 0 Å². The number of aromatic carboxylic acids is 1. The van der Waals surface area contributed by atoms with Crippen molar-refractivity contribution in [3.8, 4) is 11.1 Å². The first-order valence-corrected chi connectivity index (χ1v) is 6.43. The van der Waals surface area contributed by atoms with Gasteiger partial charge in [0.2, 0.25) is 0 Å². The van der Waals surface area contributed by atoms with Crippen molar-refractivity contribution in [1.82, 2.24) is 9.61 Å². The van der Waals surface area contributed by atoms with E-state index in [1.807, 2.05) is 31.2 Å². The van der Waals surface area contributed by atoms with E-state index in [9.17, 15) is 9.90 Å². The van der Waals surface area contributed by atoms with Gasteiger partial charge in [-0.05, 0) is 30.7 Å². The minimum Gasteiger partial charge on any atom is -0.476 e. The number of hydrogen-bond acceptors (Lipinski definition) is 2. The van der Waals surface area contributed by atoms with Crippen LogP contribution in [0.4, 0.5) is 0 Å². The zero-order valence-electron chi connectivity index (χ0n) is 10.7. The number of fused-ring (bicyclic) bond motifs is 1. The van der Waals surface area contributed by atoms with Gasteiger partial charge in [-0.2, -0.15) is 5.10 Å². The van der Waals surface area contributed by atoms with Crippen molar-refractivity contribution >= 4 is 23.1 Å². The second kappa shape index (κ2) is 4.65. The van der Waals surface area contributed by atoms with Crippen LogP contribution in [0.5, 0.6) is 0 Å². The molecule has 0 fully saturated rings. The number of hydrogen-bond donors (Lipinski definition) is 1. The molecule has 0 atom stereocenters. The van der Waals surface area contributed by atoms with Crippen LogP contribution in [0.3, 0.4) is 0 Å². The molecule has 0 bridgehead atoms. The van der Waals surface area contributed by atoms with Crippen LogP contribution >= 0.6 is 11.6 Å². The maximum atomic E-state index is 11.4.